The summed E-state index contributed by atoms with van der Waals surface area (Å²) in [6, 6.07) is 13.9. The highest BCUT2D eigenvalue weighted by Crippen LogP contribution is 2.24. The van der Waals surface area contributed by atoms with Crippen molar-refractivity contribution >= 4 is 18.0 Å². The molecule has 2 aromatic carbocycles. The zero-order valence-electron chi connectivity index (χ0n) is 14.8. The number of hydrogen-bond donors (Lipinski definition) is 6. The average Bonchev–Trinajstić information content (AvgIpc) is 2.64. The number of carboxylic acids is 2. The van der Waals surface area contributed by atoms with Gasteiger partial charge in [-0.3, -0.25) is 0 Å². The smallest absolute Gasteiger partial charge is 0.328 e. The van der Waals surface area contributed by atoms with E-state index in [1.54, 1.807) is 6.20 Å². The molecule has 1 atom stereocenters. The van der Waals surface area contributed by atoms with Crippen LogP contribution < -0.4 is 5.32 Å². The Bertz CT molecular complexity index is 795. The maximum atomic E-state index is 9.95. The van der Waals surface area contributed by atoms with Crippen LogP contribution in [-0.4, -0.2) is 44.0 Å². The Labute approximate surface area is 161 Å². The van der Waals surface area contributed by atoms with Gasteiger partial charge >= 0.3 is 11.9 Å². The number of phenols is 2. The predicted octanol–water partition coefficient (Wildman–Crippen LogP) is 2.10. The number of carboxylic acid groups (broad SMARTS) is 2. The Morgan fingerprint density at radius 1 is 0.929 bits per heavy atom. The molecule has 0 spiro atoms. The third-order valence-corrected chi connectivity index (χ3v) is 3.18. The summed E-state index contributed by atoms with van der Waals surface area (Å²) in [5.74, 6) is -2.66. The van der Waals surface area contributed by atoms with E-state index in [0.29, 0.717) is 17.7 Å². The van der Waals surface area contributed by atoms with Crippen molar-refractivity contribution in [1.82, 2.24) is 5.32 Å². The van der Waals surface area contributed by atoms with Crippen LogP contribution in [0.5, 0.6) is 11.5 Å². The van der Waals surface area contributed by atoms with Crippen molar-refractivity contribution in [3.63, 3.8) is 0 Å². The summed E-state index contributed by atoms with van der Waals surface area (Å²) >= 11 is 0. The largest absolute Gasteiger partial charge is 0.508 e. The van der Waals surface area contributed by atoms with Gasteiger partial charge in [-0.1, -0.05) is 30.3 Å². The summed E-state index contributed by atoms with van der Waals surface area (Å²) in [4.78, 5) is 19.1. The number of aliphatic carboxylic acids is 2. The van der Waals surface area contributed by atoms with Gasteiger partial charge in [0, 0.05) is 24.8 Å². The van der Waals surface area contributed by atoms with Gasteiger partial charge in [0.05, 0.1) is 6.10 Å². The monoisotopic (exact) mass is 387 g/mol. The Hall–Kier alpha value is -3.78. The van der Waals surface area contributed by atoms with Gasteiger partial charge in [0.1, 0.15) is 11.5 Å². The van der Waals surface area contributed by atoms with E-state index in [-0.39, 0.29) is 18.0 Å². The standard InChI is InChI=1S/C16H17NO3.C4H4O4/c18-14-8-13(9-15(19)10-14)16(20)11-17-7-6-12-4-2-1-3-5-12;5-3(6)1-2-4(7)8/h1-10,16-20H,11H2;1-2H,(H,5,6)(H,7,8)/b;2-1+. The number of benzene rings is 2. The molecule has 2 rings (SSSR count). The molecule has 0 heterocycles. The quantitative estimate of drug-likeness (QED) is 0.396. The Kier molecular flexibility index (Phi) is 9.35. The molecule has 0 aliphatic carbocycles. The van der Waals surface area contributed by atoms with E-state index in [2.05, 4.69) is 5.32 Å². The molecular weight excluding hydrogens is 366 g/mol. The first kappa shape index (κ1) is 22.3. The van der Waals surface area contributed by atoms with Gasteiger partial charge in [-0.25, -0.2) is 9.59 Å². The topological polar surface area (TPSA) is 147 Å². The van der Waals surface area contributed by atoms with Gasteiger partial charge in [0.2, 0.25) is 0 Å². The molecule has 2 aromatic rings. The van der Waals surface area contributed by atoms with Crippen molar-refractivity contribution < 1.29 is 35.1 Å². The van der Waals surface area contributed by atoms with Gasteiger partial charge in [0.15, 0.2) is 0 Å². The van der Waals surface area contributed by atoms with E-state index in [1.807, 2.05) is 36.4 Å². The number of nitrogens with one attached hydrogen (secondary N) is 1. The Balaban J connectivity index is 0.000000416. The zero-order valence-corrected chi connectivity index (χ0v) is 14.8. The lowest BCUT2D eigenvalue weighted by atomic mass is 10.1. The molecule has 0 aliphatic rings. The molecule has 8 heteroatoms. The summed E-state index contributed by atoms with van der Waals surface area (Å²) in [5.41, 5.74) is 1.52. The van der Waals surface area contributed by atoms with Crippen LogP contribution >= 0.6 is 0 Å². The van der Waals surface area contributed by atoms with Crippen molar-refractivity contribution in [3.8, 4) is 11.5 Å². The first-order chi connectivity index (χ1) is 13.3. The number of phenolic OH excluding ortho intramolecular Hbond substituents is 2. The van der Waals surface area contributed by atoms with Crippen molar-refractivity contribution in [2.45, 2.75) is 6.10 Å². The first-order valence-electron chi connectivity index (χ1n) is 8.08. The normalized spacial score (nSPS) is 11.6. The van der Waals surface area contributed by atoms with Gasteiger partial charge in [-0.15, -0.1) is 0 Å². The highest BCUT2D eigenvalue weighted by Gasteiger charge is 2.08. The summed E-state index contributed by atoms with van der Waals surface area (Å²) < 4.78 is 0. The fraction of sp³-hybridized carbons (Fsp3) is 0.100. The fourth-order valence-electron chi connectivity index (χ4n) is 1.97. The maximum absolute atomic E-state index is 9.95. The number of aromatic hydroxyl groups is 2. The molecule has 8 nitrogen and oxygen atoms in total. The van der Waals surface area contributed by atoms with Crippen molar-refractivity contribution in [2.24, 2.45) is 0 Å². The van der Waals surface area contributed by atoms with Gasteiger partial charge in [-0.2, -0.15) is 0 Å². The molecule has 0 amide bonds. The number of aliphatic hydroxyl groups excluding tert-OH is 1. The molecule has 148 valence electrons. The van der Waals surface area contributed by atoms with Crippen LogP contribution in [0.4, 0.5) is 0 Å². The minimum absolute atomic E-state index is 0.0705. The second kappa shape index (κ2) is 11.8. The van der Waals surface area contributed by atoms with Crippen LogP contribution in [0.25, 0.3) is 6.08 Å². The molecule has 6 N–H and O–H groups in total. The van der Waals surface area contributed by atoms with Crippen LogP contribution in [-0.2, 0) is 9.59 Å². The fourth-order valence-corrected chi connectivity index (χ4v) is 1.97. The third-order valence-electron chi connectivity index (χ3n) is 3.18. The number of carbonyl (C=O) groups is 2. The van der Waals surface area contributed by atoms with E-state index in [0.717, 1.165) is 5.56 Å². The minimum Gasteiger partial charge on any atom is -0.508 e. The molecule has 0 bridgehead atoms. The van der Waals surface area contributed by atoms with Crippen molar-refractivity contribution in [1.29, 1.82) is 0 Å². The van der Waals surface area contributed by atoms with Crippen LogP contribution in [0.15, 0.2) is 66.9 Å². The molecule has 1 unspecified atom stereocenters. The number of rotatable bonds is 7. The van der Waals surface area contributed by atoms with Gasteiger partial charge in [-0.05, 0) is 35.5 Å². The molecular formula is C20H21NO7. The molecule has 28 heavy (non-hydrogen) atoms. The molecule has 0 aromatic heterocycles. The van der Waals surface area contributed by atoms with E-state index in [9.17, 15) is 24.9 Å². The van der Waals surface area contributed by atoms with E-state index >= 15 is 0 Å². The van der Waals surface area contributed by atoms with Crippen LogP contribution in [0.2, 0.25) is 0 Å². The third kappa shape index (κ3) is 9.64. The second-order valence-electron chi connectivity index (χ2n) is 5.46. The van der Waals surface area contributed by atoms with Crippen LogP contribution in [0.3, 0.4) is 0 Å². The van der Waals surface area contributed by atoms with E-state index < -0.39 is 18.0 Å². The Morgan fingerprint density at radius 2 is 1.46 bits per heavy atom. The summed E-state index contributed by atoms with van der Waals surface area (Å²) in [6.07, 6.45) is 3.95. The lowest BCUT2D eigenvalue weighted by Crippen LogP contribution is -2.15. The van der Waals surface area contributed by atoms with Crippen LogP contribution in [0, 0.1) is 0 Å². The lowest BCUT2D eigenvalue weighted by molar-refractivity contribution is -0.134. The van der Waals surface area contributed by atoms with Gasteiger partial charge < -0.3 is 30.8 Å². The highest BCUT2D eigenvalue weighted by atomic mass is 16.4. The molecule has 0 aliphatic heterocycles. The number of hydrogen-bond acceptors (Lipinski definition) is 6. The Morgan fingerprint density at radius 3 is 1.96 bits per heavy atom. The number of aliphatic hydroxyl groups is 1. The van der Waals surface area contributed by atoms with Gasteiger partial charge in [0.25, 0.3) is 0 Å². The van der Waals surface area contributed by atoms with Crippen molar-refractivity contribution in [2.75, 3.05) is 6.54 Å². The average molecular weight is 387 g/mol. The van der Waals surface area contributed by atoms with Crippen molar-refractivity contribution in [3.05, 3.63) is 78.0 Å². The first-order valence-corrected chi connectivity index (χ1v) is 8.08. The van der Waals surface area contributed by atoms with E-state index in [4.69, 9.17) is 10.2 Å². The summed E-state index contributed by atoms with van der Waals surface area (Å²) in [6.45, 7) is 0.284. The predicted molar refractivity (Wildman–Crippen MR) is 103 cm³/mol. The van der Waals surface area contributed by atoms with E-state index in [1.165, 1.54) is 18.2 Å². The molecule has 0 saturated heterocycles. The zero-order chi connectivity index (χ0) is 20.9. The SMILES string of the molecule is O=C(O)/C=C/C(=O)O.Oc1cc(O)cc(C(O)CNC=Cc2ccccc2)c1. The summed E-state index contributed by atoms with van der Waals surface area (Å²) in [5, 5.41) is 47.3. The maximum Gasteiger partial charge on any atom is 0.328 e. The molecule has 0 saturated carbocycles. The summed E-state index contributed by atoms with van der Waals surface area (Å²) in [7, 11) is 0. The molecule has 0 radical (unpaired) electrons. The second-order valence-corrected chi connectivity index (χ2v) is 5.46. The highest BCUT2D eigenvalue weighted by molar-refractivity contribution is 5.89. The minimum atomic E-state index is -1.26. The lowest BCUT2D eigenvalue weighted by Gasteiger charge is -2.11. The molecule has 0 fully saturated rings. The van der Waals surface area contributed by atoms with Crippen LogP contribution in [0.1, 0.15) is 17.2 Å².